The van der Waals surface area contributed by atoms with Crippen LogP contribution in [0.4, 0.5) is 5.69 Å². The zero-order valence-corrected chi connectivity index (χ0v) is 15.2. The summed E-state index contributed by atoms with van der Waals surface area (Å²) in [6.07, 6.45) is 0.883. The van der Waals surface area contributed by atoms with Crippen molar-refractivity contribution in [3.8, 4) is 5.75 Å². The van der Waals surface area contributed by atoms with E-state index in [1.165, 1.54) is 11.1 Å². The molecule has 2 aromatic rings. The van der Waals surface area contributed by atoms with Crippen molar-refractivity contribution >= 4 is 5.69 Å². The van der Waals surface area contributed by atoms with Crippen molar-refractivity contribution in [2.24, 2.45) is 0 Å². The first-order chi connectivity index (χ1) is 11.3. The molecule has 0 amide bonds. The second-order valence-electron chi connectivity index (χ2n) is 7.74. The van der Waals surface area contributed by atoms with Crippen LogP contribution in [0, 0.1) is 4.91 Å². The standard InChI is InChI=1S/C21H26NO2/c1-14-19(15-6-9-17(10-7-15)21(2,3)4)12-16-8-11-18(24-5)13-20(16)22(14)23/h6-11,13-14,19H,12H2,1-5H3/q+1. The van der Waals surface area contributed by atoms with Crippen molar-refractivity contribution in [3.63, 3.8) is 0 Å². The predicted molar refractivity (Wildman–Crippen MR) is 97.3 cm³/mol. The van der Waals surface area contributed by atoms with E-state index >= 15 is 0 Å². The molecule has 3 rings (SSSR count). The SMILES string of the molecule is COc1ccc2c(c1)[N+](=O)C(C)C(c1ccc(C(C)(C)C)cc1)C2. The molecular formula is C21H26NO2+. The highest BCUT2D eigenvalue weighted by Gasteiger charge is 2.40. The average Bonchev–Trinajstić information content (AvgIpc) is 2.57. The molecule has 0 spiro atoms. The fourth-order valence-corrected chi connectivity index (χ4v) is 3.47. The lowest BCUT2D eigenvalue weighted by Crippen LogP contribution is -2.31. The van der Waals surface area contributed by atoms with Gasteiger partial charge in [0.05, 0.1) is 19.1 Å². The Balaban J connectivity index is 1.94. The largest absolute Gasteiger partial charge is 0.497 e. The molecule has 0 saturated carbocycles. The van der Waals surface area contributed by atoms with Gasteiger partial charge in [0.15, 0.2) is 0 Å². The molecule has 0 saturated heterocycles. The Morgan fingerprint density at radius 1 is 1.08 bits per heavy atom. The van der Waals surface area contributed by atoms with Crippen molar-refractivity contribution in [2.75, 3.05) is 7.11 Å². The molecule has 1 aliphatic rings. The number of benzene rings is 2. The Bertz CT molecular complexity index is 756. The lowest BCUT2D eigenvalue weighted by atomic mass is 9.80. The third-order valence-corrected chi connectivity index (χ3v) is 5.13. The van der Waals surface area contributed by atoms with Gasteiger partial charge in [-0.15, -0.1) is 0 Å². The summed E-state index contributed by atoms with van der Waals surface area (Å²) in [5, 5.41) is 0. The lowest BCUT2D eigenvalue weighted by Gasteiger charge is -2.25. The predicted octanol–water partition coefficient (Wildman–Crippen LogP) is 5.13. The van der Waals surface area contributed by atoms with Crippen molar-refractivity contribution in [1.82, 2.24) is 0 Å². The van der Waals surface area contributed by atoms with E-state index < -0.39 is 0 Å². The zero-order chi connectivity index (χ0) is 17.5. The smallest absolute Gasteiger partial charge is 0.263 e. The first-order valence-corrected chi connectivity index (χ1v) is 8.55. The fraction of sp³-hybridized carbons (Fsp3) is 0.429. The summed E-state index contributed by atoms with van der Waals surface area (Å²) in [4.78, 5) is 12.8. The van der Waals surface area contributed by atoms with Gasteiger partial charge in [0.25, 0.3) is 5.69 Å². The Kier molecular flexibility index (Phi) is 4.20. The zero-order valence-electron chi connectivity index (χ0n) is 15.2. The summed E-state index contributed by atoms with van der Waals surface area (Å²) >= 11 is 0. The van der Waals surface area contributed by atoms with E-state index in [4.69, 9.17) is 4.74 Å². The molecule has 2 aromatic carbocycles. The number of fused-ring (bicyclic) bond motifs is 1. The third-order valence-electron chi connectivity index (χ3n) is 5.13. The van der Waals surface area contributed by atoms with Crippen molar-refractivity contribution < 1.29 is 9.50 Å². The van der Waals surface area contributed by atoms with Gasteiger partial charge in [-0.3, -0.25) is 0 Å². The van der Waals surface area contributed by atoms with Gasteiger partial charge >= 0.3 is 0 Å². The number of rotatable bonds is 2. The van der Waals surface area contributed by atoms with Crippen molar-refractivity contribution in [3.05, 3.63) is 64.1 Å². The van der Waals surface area contributed by atoms with Crippen molar-refractivity contribution in [2.45, 2.75) is 51.5 Å². The van der Waals surface area contributed by atoms with Gasteiger partial charge in [-0.25, -0.2) is 0 Å². The molecule has 126 valence electrons. The molecule has 0 radical (unpaired) electrons. The van der Waals surface area contributed by atoms with Gasteiger partial charge in [0.2, 0.25) is 6.04 Å². The van der Waals surface area contributed by atoms with Crippen LogP contribution in [0.2, 0.25) is 0 Å². The monoisotopic (exact) mass is 324 g/mol. The van der Waals surface area contributed by atoms with E-state index in [1.54, 1.807) is 7.11 Å². The maximum Gasteiger partial charge on any atom is 0.263 e. The minimum Gasteiger partial charge on any atom is -0.497 e. The Morgan fingerprint density at radius 3 is 2.33 bits per heavy atom. The summed E-state index contributed by atoms with van der Waals surface area (Å²) < 4.78 is 6.40. The summed E-state index contributed by atoms with van der Waals surface area (Å²) in [6, 6.07) is 14.5. The van der Waals surface area contributed by atoms with Gasteiger partial charge in [-0.05, 0) is 35.1 Å². The van der Waals surface area contributed by atoms with Crippen LogP contribution in [0.3, 0.4) is 0 Å². The van der Waals surface area contributed by atoms with Crippen LogP contribution < -0.4 is 4.74 Å². The Hall–Kier alpha value is -2.16. The van der Waals surface area contributed by atoms with Crippen molar-refractivity contribution in [1.29, 1.82) is 0 Å². The molecule has 1 heterocycles. The van der Waals surface area contributed by atoms with E-state index in [9.17, 15) is 4.91 Å². The maximum atomic E-state index is 12.8. The quantitative estimate of drug-likeness (QED) is 0.717. The molecule has 0 bridgehead atoms. The molecule has 3 nitrogen and oxygen atoms in total. The normalized spacial score (nSPS) is 20.6. The fourth-order valence-electron chi connectivity index (χ4n) is 3.47. The van der Waals surface area contributed by atoms with Crippen LogP contribution in [-0.2, 0) is 11.8 Å². The van der Waals surface area contributed by atoms with E-state index in [0.29, 0.717) is 0 Å². The Labute approximate surface area is 144 Å². The molecule has 2 atom stereocenters. The molecule has 0 aliphatic carbocycles. The van der Waals surface area contributed by atoms with E-state index in [2.05, 4.69) is 45.0 Å². The summed E-state index contributed by atoms with van der Waals surface area (Å²) in [6.45, 7) is 8.66. The molecule has 1 aliphatic heterocycles. The first-order valence-electron chi connectivity index (χ1n) is 8.55. The summed E-state index contributed by atoms with van der Waals surface area (Å²) in [7, 11) is 1.63. The molecule has 3 heteroatoms. The first kappa shape index (κ1) is 16.7. The van der Waals surface area contributed by atoms with Crippen LogP contribution in [0.25, 0.3) is 0 Å². The van der Waals surface area contributed by atoms with Crippen LogP contribution >= 0.6 is 0 Å². The number of ether oxygens (including phenoxy) is 1. The molecular weight excluding hydrogens is 298 g/mol. The number of nitroso groups, excluding NO2 is 1. The van der Waals surface area contributed by atoms with Gasteiger partial charge in [-0.2, -0.15) is 0 Å². The topological polar surface area (TPSA) is 29.3 Å². The van der Waals surface area contributed by atoms with Gasteiger partial charge in [0, 0.05) is 22.2 Å². The molecule has 0 N–H and O–H groups in total. The summed E-state index contributed by atoms with van der Waals surface area (Å²) in [5.74, 6) is 0.937. The number of methoxy groups -OCH3 is 1. The maximum absolute atomic E-state index is 12.8. The number of nitrogens with zero attached hydrogens (tertiary/aromatic N) is 1. The van der Waals surface area contributed by atoms with Crippen LogP contribution in [0.1, 0.15) is 50.3 Å². The second kappa shape index (κ2) is 6.04. The lowest BCUT2D eigenvalue weighted by molar-refractivity contribution is -0.511. The van der Waals surface area contributed by atoms with E-state index in [-0.39, 0.29) is 17.4 Å². The van der Waals surface area contributed by atoms with Gasteiger partial charge in [0.1, 0.15) is 5.75 Å². The Morgan fingerprint density at radius 2 is 1.75 bits per heavy atom. The van der Waals surface area contributed by atoms with E-state index in [0.717, 1.165) is 28.2 Å². The highest BCUT2D eigenvalue weighted by Crippen LogP contribution is 2.39. The highest BCUT2D eigenvalue weighted by atomic mass is 16.5. The molecule has 0 fully saturated rings. The van der Waals surface area contributed by atoms with Crippen LogP contribution in [0.5, 0.6) is 5.75 Å². The number of hydrogen-bond acceptors (Lipinski definition) is 2. The van der Waals surface area contributed by atoms with Crippen LogP contribution in [0.15, 0.2) is 42.5 Å². The highest BCUT2D eigenvalue weighted by molar-refractivity contribution is 5.48. The van der Waals surface area contributed by atoms with Crippen LogP contribution in [-0.4, -0.2) is 17.9 Å². The number of hydrogen-bond donors (Lipinski definition) is 0. The molecule has 2 unspecified atom stereocenters. The third kappa shape index (κ3) is 2.95. The van der Waals surface area contributed by atoms with Gasteiger partial charge < -0.3 is 4.74 Å². The molecule has 24 heavy (non-hydrogen) atoms. The minimum absolute atomic E-state index is 0.0925. The minimum atomic E-state index is -0.0925. The second-order valence-corrected chi connectivity index (χ2v) is 7.74. The molecule has 0 aromatic heterocycles. The average molecular weight is 324 g/mol. The summed E-state index contributed by atoms with van der Waals surface area (Å²) in [5.41, 5.74) is 4.53. The van der Waals surface area contributed by atoms with Gasteiger partial charge in [-0.1, -0.05) is 45.0 Å². The van der Waals surface area contributed by atoms with E-state index in [1.807, 2.05) is 25.1 Å².